The number of nitrogen functional groups attached to an aromatic ring is 1. The van der Waals surface area contributed by atoms with Gasteiger partial charge in [-0.1, -0.05) is 26.7 Å². The lowest BCUT2D eigenvalue weighted by Crippen LogP contribution is -1.98. The lowest BCUT2D eigenvalue weighted by atomic mass is 10.2. The van der Waals surface area contributed by atoms with E-state index >= 15 is 0 Å². The summed E-state index contributed by atoms with van der Waals surface area (Å²) < 4.78 is 3.99. The molecule has 0 aliphatic heterocycles. The molecule has 0 unspecified atom stereocenters. The van der Waals surface area contributed by atoms with Crippen LogP contribution in [0, 0.1) is 0 Å². The van der Waals surface area contributed by atoms with Crippen LogP contribution in [-0.2, 0) is 13.1 Å². The van der Waals surface area contributed by atoms with Gasteiger partial charge in [0.05, 0.1) is 16.6 Å². The van der Waals surface area contributed by atoms with E-state index in [2.05, 4.69) is 18.4 Å². The zero-order valence-corrected chi connectivity index (χ0v) is 13.3. The molecule has 5 heteroatoms. The molecular formula is C17H24N4O. The van der Waals surface area contributed by atoms with Crippen molar-refractivity contribution in [2.45, 2.75) is 52.6 Å². The fraction of sp³-hybridized carbons (Fsp3) is 0.471. The van der Waals surface area contributed by atoms with Crippen molar-refractivity contribution in [1.29, 1.82) is 0 Å². The van der Waals surface area contributed by atoms with Crippen molar-refractivity contribution in [3.05, 3.63) is 18.5 Å². The number of aromatic hydroxyl groups is 1. The van der Waals surface area contributed by atoms with Crippen molar-refractivity contribution < 1.29 is 5.11 Å². The van der Waals surface area contributed by atoms with Crippen molar-refractivity contribution in [2.24, 2.45) is 0 Å². The van der Waals surface area contributed by atoms with E-state index in [0.29, 0.717) is 11.1 Å². The molecule has 0 spiro atoms. The Balaban J connectivity index is 2.11. The van der Waals surface area contributed by atoms with Gasteiger partial charge in [0.2, 0.25) is 5.88 Å². The van der Waals surface area contributed by atoms with Crippen LogP contribution in [0.2, 0.25) is 0 Å². The largest absolute Gasteiger partial charge is 0.494 e. The molecule has 0 aliphatic carbocycles. The molecule has 3 aromatic rings. The topological polar surface area (TPSA) is 69.0 Å². The van der Waals surface area contributed by atoms with Crippen molar-refractivity contribution in [3.8, 4) is 5.88 Å². The Morgan fingerprint density at radius 1 is 1.14 bits per heavy atom. The first-order chi connectivity index (χ1) is 10.7. The summed E-state index contributed by atoms with van der Waals surface area (Å²) in [7, 11) is 0. The van der Waals surface area contributed by atoms with Crippen LogP contribution in [0.15, 0.2) is 18.5 Å². The number of anilines is 1. The molecule has 0 saturated carbocycles. The summed E-state index contributed by atoms with van der Waals surface area (Å²) in [6.45, 7) is 6.01. The molecule has 0 saturated heterocycles. The number of unbranched alkanes of at least 4 members (excludes halogenated alkanes) is 2. The summed E-state index contributed by atoms with van der Waals surface area (Å²) in [5.74, 6) is 0.225. The molecule has 0 aliphatic rings. The molecule has 3 rings (SSSR count). The molecule has 3 N–H and O–H groups in total. The van der Waals surface area contributed by atoms with Crippen LogP contribution in [0.5, 0.6) is 5.88 Å². The standard InChI is InChI=1S/C17H24N4O/c1-3-5-6-9-20-10-7-12-15(18)14-13(19-16(12)20)11-21(8-4-2)17(14)22/h7,10-11,22H,3-6,8-9,18H2,1-2H3. The third kappa shape index (κ3) is 2.30. The van der Waals surface area contributed by atoms with Crippen LogP contribution in [0.25, 0.3) is 21.9 Å². The molecule has 0 aromatic carbocycles. The van der Waals surface area contributed by atoms with Gasteiger partial charge in [-0.05, 0) is 18.9 Å². The van der Waals surface area contributed by atoms with Gasteiger partial charge >= 0.3 is 0 Å². The van der Waals surface area contributed by atoms with E-state index in [1.807, 2.05) is 23.0 Å². The summed E-state index contributed by atoms with van der Waals surface area (Å²) in [5.41, 5.74) is 8.61. The second-order valence-electron chi connectivity index (χ2n) is 5.89. The molecule has 3 heterocycles. The first-order valence-electron chi connectivity index (χ1n) is 8.13. The maximum absolute atomic E-state index is 10.4. The number of hydrogen-bond acceptors (Lipinski definition) is 3. The van der Waals surface area contributed by atoms with Gasteiger partial charge in [-0.3, -0.25) is 0 Å². The zero-order valence-electron chi connectivity index (χ0n) is 13.3. The predicted octanol–water partition coefficient (Wildman–Crippen LogP) is 3.88. The molecule has 3 aromatic heterocycles. The monoisotopic (exact) mass is 300 g/mol. The van der Waals surface area contributed by atoms with Crippen molar-refractivity contribution in [1.82, 2.24) is 14.1 Å². The van der Waals surface area contributed by atoms with Gasteiger partial charge in [0.25, 0.3) is 0 Å². The van der Waals surface area contributed by atoms with Crippen molar-refractivity contribution in [2.75, 3.05) is 5.73 Å². The summed E-state index contributed by atoms with van der Waals surface area (Å²) in [4.78, 5) is 4.74. The van der Waals surface area contributed by atoms with E-state index in [1.54, 1.807) is 0 Å². The minimum atomic E-state index is 0.225. The van der Waals surface area contributed by atoms with Crippen LogP contribution in [0.4, 0.5) is 5.69 Å². The maximum atomic E-state index is 10.4. The number of hydrogen-bond donors (Lipinski definition) is 2. The summed E-state index contributed by atoms with van der Waals surface area (Å²) in [6, 6.07) is 2.00. The number of aryl methyl sites for hydroxylation is 2. The second-order valence-corrected chi connectivity index (χ2v) is 5.89. The van der Waals surface area contributed by atoms with E-state index in [-0.39, 0.29) is 5.88 Å². The number of fused-ring (bicyclic) bond motifs is 2. The normalized spacial score (nSPS) is 11.7. The zero-order chi connectivity index (χ0) is 15.7. The van der Waals surface area contributed by atoms with Crippen LogP contribution in [-0.4, -0.2) is 19.2 Å². The summed E-state index contributed by atoms with van der Waals surface area (Å²) in [5, 5.41) is 12.0. The van der Waals surface area contributed by atoms with E-state index in [4.69, 9.17) is 10.7 Å². The Morgan fingerprint density at radius 2 is 1.95 bits per heavy atom. The highest BCUT2D eigenvalue weighted by Gasteiger charge is 2.16. The molecule has 22 heavy (non-hydrogen) atoms. The average Bonchev–Trinajstić information content (AvgIpc) is 3.03. The lowest BCUT2D eigenvalue weighted by Gasteiger charge is -2.06. The second kappa shape index (κ2) is 5.91. The molecule has 0 bridgehead atoms. The Hall–Kier alpha value is -2.17. The van der Waals surface area contributed by atoms with Crippen LogP contribution in [0.1, 0.15) is 39.5 Å². The number of nitrogens with two attached hydrogens (primary N) is 1. The molecule has 0 radical (unpaired) electrons. The molecule has 0 fully saturated rings. The first kappa shape index (κ1) is 14.8. The number of pyridine rings is 1. The molecular weight excluding hydrogens is 276 g/mol. The van der Waals surface area contributed by atoms with Gasteiger partial charge in [-0.2, -0.15) is 0 Å². The highest BCUT2D eigenvalue weighted by molar-refractivity contribution is 6.08. The summed E-state index contributed by atoms with van der Waals surface area (Å²) >= 11 is 0. The fourth-order valence-electron chi connectivity index (χ4n) is 3.05. The highest BCUT2D eigenvalue weighted by atomic mass is 16.3. The molecule has 0 atom stereocenters. The quantitative estimate of drug-likeness (QED) is 0.679. The minimum absolute atomic E-state index is 0.225. The maximum Gasteiger partial charge on any atom is 0.202 e. The first-order valence-corrected chi connectivity index (χ1v) is 8.13. The van der Waals surface area contributed by atoms with Crippen LogP contribution in [0.3, 0.4) is 0 Å². The number of rotatable bonds is 6. The van der Waals surface area contributed by atoms with Gasteiger partial charge < -0.3 is 20.0 Å². The Labute approximate surface area is 130 Å². The third-order valence-corrected chi connectivity index (χ3v) is 4.22. The van der Waals surface area contributed by atoms with Gasteiger partial charge in [0.15, 0.2) is 0 Å². The molecule has 5 nitrogen and oxygen atoms in total. The van der Waals surface area contributed by atoms with Crippen LogP contribution < -0.4 is 5.73 Å². The fourth-order valence-corrected chi connectivity index (χ4v) is 3.05. The minimum Gasteiger partial charge on any atom is -0.494 e. The average molecular weight is 300 g/mol. The van der Waals surface area contributed by atoms with Gasteiger partial charge in [-0.15, -0.1) is 0 Å². The SMILES string of the molecule is CCCCCn1ccc2c(N)c3c(O)n(CCC)cc3nc21. The lowest BCUT2D eigenvalue weighted by molar-refractivity contribution is 0.421. The molecule has 118 valence electrons. The van der Waals surface area contributed by atoms with Crippen molar-refractivity contribution >= 4 is 27.6 Å². The number of nitrogens with zero attached hydrogens (tertiary/aromatic N) is 3. The van der Waals surface area contributed by atoms with Gasteiger partial charge in [0, 0.05) is 30.9 Å². The van der Waals surface area contributed by atoms with E-state index in [9.17, 15) is 5.11 Å². The smallest absolute Gasteiger partial charge is 0.202 e. The van der Waals surface area contributed by atoms with E-state index < -0.39 is 0 Å². The van der Waals surface area contributed by atoms with Gasteiger partial charge in [0.1, 0.15) is 5.65 Å². The Kier molecular flexibility index (Phi) is 3.96. The number of aromatic nitrogens is 3. The highest BCUT2D eigenvalue weighted by Crippen LogP contribution is 2.36. The Morgan fingerprint density at radius 3 is 2.68 bits per heavy atom. The third-order valence-electron chi connectivity index (χ3n) is 4.22. The Bertz CT molecular complexity index is 800. The van der Waals surface area contributed by atoms with E-state index in [0.717, 1.165) is 42.5 Å². The predicted molar refractivity (Wildman–Crippen MR) is 91.1 cm³/mol. The van der Waals surface area contributed by atoms with E-state index in [1.165, 1.54) is 12.8 Å². The van der Waals surface area contributed by atoms with Crippen molar-refractivity contribution in [3.63, 3.8) is 0 Å². The van der Waals surface area contributed by atoms with Crippen LogP contribution >= 0.6 is 0 Å². The van der Waals surface area contributed by atoms with Gasteiger partial charge in [-0.25, -0.2) is 4.98 Å². The molecule has 0 amide bonds. The summed E-state index contributed by atoms with van der Waals surface area (Å²) in [6.07, 6.45) is 8.45.